The zero-order chi connectivity index (χ0) is 13.6. The SMILES string of the molecule is C[C@@H]1[C@H]2C[C@H](C/C2=N\NC(=O)c2cccs2)C1(C)C. The van der Waals surface area contributed by atoms with E-state index in [1.54, 1.807) is 0 Å². The van der Waals surface area contributed by atoms with Gasteiger partial charge in [0.05, 0.1) is 4.88 Å². The summed E-state index contributed by atoms with van der Waals surface area (Å²) in [6.45, 7) is 7.05. The van der Waals surface area contributed by atoms with Crippen LogP contribution in [0.15, 0.2) is 22.6 Å². The highest BCUT2D eigenvalue weighted by Crippen LogP contribution is 2.57. The monoisotopic (exact) mass is 276 g/mol. The molecule has 1 amide bonds. The Kier molecular flexibility index (Phi) is 3.01. The molecule has 19 heavy (non-hydrogen) atoms. The van der Waals surface area contributed by atoms with Gasteiger partial charge in [0.1, 0.15) is 0 Å². The van der Waals surface area contributed by atoms with Crippen LogP contribution in [0.1, 0.15) is 43.3 Å². The van der Waals surface area contributed by atoms with Crippen molar-refractivity contribution < 1.29 is 4.79 Å². The highest BCUT2D eigenvalue weighted by molar-refractivity contribution is 7.12. The van der Waals surface area contributed by atoms with Gasteiger partial charge in [-0.25, -0.2) is 5.43 Å². The lowest BCUT2D eigenvalue weighted by molar-refractivity contribution is 0.0958. The quantitative estimate of drug-likeness (QED) is 0.825. The van der Waals surface area contributed by atoms with Gasteiger partial charge in [-0.3, -0.25) is 4.79 Å². The van der Waals surface area contributed by atoms with Crippen molar-refractivity contribution in [3.8, 4) is 0 Å². The van der Waals surface area contributed by atoms with Crippen molar-refractivity contribution in [3.63, 3.8) is 0 Å². The Morgan fingerprint density at radius 3 is 2.89 bits per heavy atom. The average Bonchev–Trinajstić information content (AvgIpc) is 3.06. The summed E-state index contributed by atoms with van der Waals surface area (Å²) in [5.41, 5.74) is 4.33. The molecule has 3 atom stereocenters. The summed E-state index contributed by atoms with van der Waals surface area (Å²) in [5, 5.41) is 6.31. The van der Waals surface area contributed by atoms with Gasteiger partial charge in [0.15, 0.2) is 0 Å². The Morgan fingerprint density at radius 2 is 2.32 bits per heavy atom. The molecule has 2 bridgehead atoms. The lowest BCUT2D eigenvalue weighted by Crippen LogP contribution is -2.34. The summed E-state index contributed by atoms with van der Waals surface area (Å²) in [6.07, 6.45) is 2.29. The zero-order valence-corrected chi connectivity index (χ0v) is 12.5. The van der Waals surface area contributed by atoms with Crippen LogP contribution in [0.4, 0.5) is 0 Å². The number of nitrogens with zero attached hydrogens (tertiary/aromatic N) is 1. The maximum absolute atomic E-state index is 11.9. The Labute approximate surface area is 118 Å². The van der Waals surface area contributed by atoms with E-state index in [0.717, 1.165) is 17.2 Å². The molecule has 0 radical (unpaired) electrons. The van der Waals surface area contributed by atoms with Crippen LogP contribution in [0.25, 0.3) is 0 Å². The van der Waals surface area contributed by atoms with Crippen LogP contribution in [0.5, 0.6) is 0 Å². The Morgan fingerprint density at radius 1 is 1.53 bits per heavy atom. The van der Waals surface area contributed by atoms with E-state index >= 15 is 0 Å². The van der Waals surface area contributed by atoms with Gasteiger partial charge in [-0.15, -0.1) is 11.3 Å². The number of hydrazone groups is 1. The fourth-order valence-electron chi connectivity index (χ4n) is 3.59. The number of carbonyl (C=O) groups is 1. The fourth-order valence-corrected chi connectivity index (χ4v) is 4.21. The standard InChI is InChI=1S/C15H20N2OS/c1-9-11-7-10(15(9,2)3)8-12(11)16-17-14(18)13-5-4-6-19-13/h4-6,9-11H,7-8H2,1-3H3,(H,17,18)/b16-12+/t9-,10-,11-/m1/s1. The molecule has 1 aromatic rings. The number of hydrogen-bond donors (Lipinski definition) is 1. The van der Waals surface area contributed by atoms with Crippen molar-refractivity contribution >= 4 is 23.0 Å². The number of carbonyl (C=O) groups excluding carboxylic acids is 1. The van der Waals surface area contributed by atoms with E-state index in [-0.39, 0.29) is 5.91 Å². The number of fused-ring (bicyclic) bond motifs is 2. The van der Waals surface area contributed by atoms with Crippen molar-refractivity contribution in [2.75, 3.05) is 0 Å². The van der Waals surface area contributed by atoms with Gasteiger partial charge in [-0.05, 0) is 41.5 Å². The molecule has 0 unspecified atom stereocenters. The van der Waals surface area contributed by atoms with E-state index in [0.29, 0.717) is 17.3 Å². The highest BCUT2D eigenvalue weighted by Gasteiger charge is 2.53. The first kappa shape index (κ1) is 12.9. The van der Waals surface area contributed by atoms with Gasteiger partial charge in [0.25, 0.3) is 5.91 Å². The second kappa shape index (κ2) is 4.44. The first-order valence-corrected chi connectivity index (χ1v) is 7.78. The largest absolute Gasteiger partial charge is 0.281 e. The Balaban J connectivity index is 1.69. The fraction of sp³-hybridized carbons (Fsp3) is 0.600. The topological polar surface area (TPSA) is 41.5 Å². The van der Waals surface area contributed by atoms with E-state index in [1.165, 1.54) is 23.5 Å². The zero-order valence-electron chi connectivity index (χ0n) is 11.6. The van der Waals surface area contributed by atoms with Crippen molar-refractivity contribution in [1.82, 2.24) is 5.43 Å². The first-order valence-electron chi connectivity index (χ1n) is 6.90. The molecule has 2 aliphatic carbocycles. The lowest BCUT2D eigenvalue weighted by atomic mass is 9.69. The minimum Gasteiger partial charge on any atom is -0.266 e. The van der Waals surface area contributed by atoms with Gasteiger partial charge in [-0.1, -0.05) is 26.8 Å². The molecule has 3 rings (SSSR count). The molecule has 0 spiro atoms. The molecular weight excluding hydrogens is 256 g/mol. The third-order valence-electron chi connectivity index (χ3n) is 5.30. The summed E-state index contributed by atoms with van der Waals surface area (Å²) in [5.74, 6) is 1.86. The summed E-state index contributed by atoms with van der Waals surface area (Å²) in [4.78, 5) is 12.6. The predicted molar refractivity (Wildman–Crippen MR) is 78.4 cm³/mol. The van der Waals surface area contributed by atoms with Gasteiger partial charge in [0, 0.05) is 11.6 Å². The summed E-state index contributed by atoms with van der Waals surface area (Å²) in [6, 6.07) is 3.71. The van der Waals surface area contributed by atoms with Crippen LogP contribution in [0, 0.1) is 23.2 Å². The smallest absolute Gasteiger partial charge is 0.266 e. The molecule has 3 nitrogen and oxygen atoms in total. The van der Waals surface area contributed by atoms with Gasteiger partial charge >= 0.3 is 0 Å². The first-order chi connectivity index (χ1) is 9.00. The Bertz CT molecular complexity index is 514. The predicted octanol–water partition coefficient (Wildman–Crippen LogP) is 3.54. The van der Waals surface area contributed by atoms with E-state index in [9.17, 15) is 4.79 Å². The number of nitrogens with one attached hydrogen (secondary N) is 1. The van der Waals surface area contributed by atoms with Crippen LogP contribution in [-0.4, -0.2) is 11.6 Å². The second-order valence-electron chi connectivity index (χ2n) is 6.37. The molecule has 1 N–H and O–H groups in total. The molecule has 1 heterocycles. The molecule has 2 saturated carbocycles. The van der Waals surface area contributed by atoms with Crippen LogP contribution in [0.2, 0.25) is 0 Å². The molecular formula is C15H20N2OS. The molecule has 0 aliphatic heterocycles. The van der Waals surface area contributed by atoms with Crippen molar-refractivity contribution in [3.05, 3.63) is 22.4 Å². The van der Waals surface area contributed by atoms with E-state index in [1.807, 2.05) is 17.5 Å². The number of thiophene rings is 1. The minimum atomic E-state index is -0.0859. The third-order valence-corrected chi connectivity index (χ3v) is 6.17. The van der Waals surface area contributed by atoms with Gasteiger partial charge in [0.2, 0.25) is 0 Å². The molecule has 4 heteroatoms. The normalized spacial score (nSPS) is 33.8. The minimum absolute atomic E-state index is 0.0859. The van der Waals surface area contributed by atoms with Gasteiger partial charge in [-0.2, -0.15) is 5.10 Å². The van der Waals surface area contributed by atoms with Crippen molar-refractivity contribution in [2.45, 2.75) is 33.6 Å². The van der Waals surface area contributed by atoms with Crippen LogP contribution in [-0.2, 0) is 0 Å². The van der Waals surface area contributed by atoms with Crippen LogP contribution < -0.4 is 5.43 Å². The van der Waals surface area contributed by atoms with E-state index in [4.69, 9.17) is 0 Å². The van der Waals surface area contributed by atoms with E-state index in [2.05, 4.69) is 31.3 Å². The molecule has 2 aliphatic rings. The second-order valence-corrected chi connectivity index (χ2v) is 7.32. The number of rotatable bonds is 2. The maximum atomic E-state index is 11.9. The molecule has 1 aromatic heterocycles. The highest BCUT2D eigenvalue weighted by atomic mass is 32.1. The number of amides is 1. The third kappa shape index (κ3) is 2.02. The van der Waals surface area contributed by atoms with Crippen LogP contribution in [0.3, 0.4) is 0 Å². The summed E-state index contributed by atoms with van der Waals surface area (Å²) < 4.78 is 0. The lowest BCUT2D eigenvalue weighted by Gasteiger charge is -2.36. The average molecular weight is 276 g/mol. The van der Waals surface area contributed by atoms with Crippen molar-refractivity contribution in [2.24, 2.45) is 28.3 Å². The van der Waals surface area contributed by atoms with Gasteiger partial charge < -0.3 is 0 Å². The molecule has 2 fully saturated rings. The van der Waals surface area contributed by atoms with E-state index < -0.39 is 0 Å². The van der Waals surface area contributed by atoms with Crippen molar-refractivity contribution in [1.29, 1.82) is 0 Å². The molecule has 0 aromatic carbocycles. The summed E-state index contributed by atoms with van der Waals surface area (Å²) in [7, 11) is 0. The molecule has 0 saturated heterocycles. The molecule has 102 valence electrons. The summed E-state index contributed by atoms with van der Waals surface area (Å²) >= 11 is 1.45. The number of hydrogen-bond acceptors (Lipinski definition) is 3. The van der Waals surface area contributed by atoms with Crippen LogP contribution >= 0.6 is 11.3 Å². The Hall–Kier alpha value is -1.16. The maximum Gasteiger partial charge on any atom is 0.281 e.